The number of hydrogen-bond acceptors (Lipinski definition) is 8. The lowest BCUT2D eigenvalue weighted by Crippen LogP contribution is -2.63. The molecule has 5 rings (SSSR count). The first-order chi connectivity index (χ1) is 16.4. The lowest BCUT2D eigenvalue weighted by Gasteiger charge is -2.56. The average Bonchev–Trinajstić information content (AvgIpc) is 3.16. The molecule has 2 aliphatic carbocycles. The first-order valence-electron chi connectivity index (χ1n) is 11.2. The number of piperidine rings is 1. The maximum atomic E-state index is 12.6. The molecule has 9 nitrogen and oxygen atoms in total. The summed E-state index contributed by atoms with van der Waals surface area (Å²) in [4.78, 5) is 24.9. The topological polar surface area (TPSA) is 100 Å². The van der Waals surface area contributed by atoms with E-state index in [1.807, 2.05) is 12.1 Å². The van der Waals surface area contributed by atoms with Gasteiger partial charge in [-0.25, -0.2) is 4.79 Å². The second-order valence-electron chi connectivity index (χ2n) is 8.97. The quantitative estimate of drug-likeness (QED) is 0.205. The van der Waals surface area contributed by atoms with Crippen molar-refractivity contribution in [3.63, 3.8) is 0 Å². The SMILES string of the molecule is C=C/C(=C\C=C\[N+](=O)[O-])OC(=O)OC1=CC[C@H]2[C@H]3Cc4ccc(OC)c5c4[C@@]2(CCN3C)[C@H]1O5. The molecule has 0 radical (unpaired) electrons. The Morgan fingerprint density at radius 2 is 2.24 bits per heavy atom. The van der Waals surface area contributed by atoms with Crippen molar-refractivity contribution < 1.29 is 28.7 Å². The van der Waals surface area contributed by atoms with Crippen LogP contribution < -0.4 is 9.47 Å². The van der Waals surface area contributed by atoms with Crippen LogP contribution in [0, 0.1) is 16.0 Å². The van der Waals surface area contributed by atoms with Gasteiger partial charge >= 0.3 is 6.16 Å². The minimum atomic E-state index is -0.950. The molecule has 1 spiro atoms. The lowest BCUT2D eigenvalue weighted by molar-refractivity contribution is -0.402. The highest BCUT2D eigenvalue weighted by atomic mass is 16.7. The summed E-state index contributed by atoms with van der Waals surface area (Å²) >= 11 is 0. The largest absolute Gasteiger partial charge is 0.519 e. The number of nitrogens with zero attached hydrogens (tertiary/aromatic N) is 2. The molecule has 1 fully saturated rings. The van der Waals surface area contributed by atoms with Crippen LogP contribution in [0.15, 0.2) is 60.7 Å². The average molecular weight is 466 g/mol. The van der Waals surface area contributed by atoms with Gasteiger partial charge in [0.1, 0.15) is 11.5 Å². The molecule has 2 aliphatic heterocycles. The molecular formula is C25H26N2O7. The summed E-state index contributed by atoms with van der Waals surface area (Å²) < 4.78 is 23.0. The Kier molecular flexibility index (Phi) is 5.44. The Bertz CT molecular complexity index is 1150. The van der Waals surface area contributed by atoms with Crippen molar-refractivity contribution in [2.24, 2.45) is 5.92 Å². The van der Waals surface area contributed by atoms with E-state index in [0.717, 1.165) is 43.8 Å². The number of likely N-dealkylation sites (tertiary alicyclic amines) is 1. The van der Waals surface area contributed by atoms with Crippen LogP contribution in [-0.2, 0) is 21.3 Å². The standard InChI is InChI=1S/C25H26N2O7/c1-4-16(6-5-12-27(29)30)32-24(28)33-20-10-8-17-18-14-15-7-9-19(31-3)22-21(15)25(17,23(20)34-22)11-13-26(18)2/h4-7,9-10,12,17-18,23H,1,8,11,13-14H2,2-3H3/b12-5+,16-6+/t17-,18+,23-,25-/m0/s1. The number of methoxy groups -OCH3 is 1. The molecule has 9 heteroatoms. The second-order valence-corrected chi connectivity index (χ2v) is 8.97. The molecule has 1 aromatic rings. The number of nitro groups is 1. The van der Waals surface area contributed by atoms with Gasteiger partial charge in [-0.15, -0.1) is 0 Å². The molecule has 178 valence electrons. The highest BCUT2D eigenvalue weighted by Crippen LogP contribution is 2.63. The predicted octanol–water partition coefficient (Wildman–Crippen LogP) is 3.87. The summed E-state index contributed by atoms with van der Waals surface area (Å²) in [7, 11) is 3.79. The van der Waals surface area contributed by atoms with Crippen molar-refractivity contribution in [3.8, 4) is 11.5 Å². The molecule has 2 bridgehead atoms. The van der Waals surface area contributed by atoms with Gasteiger partial charge in [0.05, 0.1) is 12.0 Å². The van der Waals surface area contributed by atoms with E-state index in [2.05, 4.69) is 24.6 Å². The van der Waals surface area contributed by atoms with E-state index in [1.54, 1.807) is 7.11 Å². The Balaban J connectivity index is 1.46. The molecule has 4 aliphatic rings. The Morgan fingerprint density at radius 3 is 2.97 bits per heavy atom. The number of hydrogen-bond donors (Lipinski definition) is 0. The van der Waals surface area contributed by atoms with Gasteiger partial charge in [-0.1, -0.05) is 12.6 Å². The third kappa shape index (κ3) is 3.30. The zero-order valence-corrected chi connectivity index (χ0v) is 19.1. The minimum absolute atomic E-state index is 0.0344. The number of allylic oxidation sites excluding steroid dienone is 4. The molecule has 0 amide bonds. The smallest absolute Gasteiger partial charge is 0.493 e. The van der Waals surface area contributed by atoms with Gasteiger partial charge in [0.2, 0.25) is 6.20 Å². The Morgan fingerprint density at radius 1 is 1.41 bits per heavy atom. The fourth-order valence-electron chi connectivity index (χ4n) is 6.13. The summed E-state index contributed by atoms with van der Waals surface area (Å²) in [6.07, 6.45) is 7.51. The number of ether oxygens (including phenoxy) is 4. The zero-order valence-electron chi connectivity index (χ0n) is 19.1. The summed E-state index contributed by atoms with van der Waals surface area (Å²) in [5, 5.41) is 10.5. The zero-order chi connectivity index (χ0) is 24.0. The van der Waals surface area contributed by atoms with E-state index >= 15 is 0 Å². The van der Waals surface area contributed by atoms with Crippen molar-refractivity contribution in [1.29, 1.82) is 0 Å². The number of carbonyl (C=O) groups is 1. The van der Waals surface area contributed by atoms with Crippen molar-refractivity contribution in [1.82, 2.24) is 4.90 Å². The monoisotopic (exact) mass is 466 g/mol. The molecule has 1 saturated heterocycles. The number of carbonyl (C=O) groups excluding carboxylic acids is 1. The molecule has 4 atom stereocenters. The maximum absolute atomic E-state index is 12.6. The van der Waals surface area contributed by atoms with Crippen LogP contribution >= 0.6 is 0 Å². The molecule has 34 heavy (non-hydrogen) atoms. The predicted molar refractivity (Wildman–Crippen MR) is 122 cm³/mol. The summed E-state index contributed by atoms with van der Waals surface area (Å²) in [6.45, 7) is 4.49. The van der Waals surface area contributed by atoms with Gasteiger partial charge < -0.3 is 23.8 Å². The van der Waals surface area contributed by atoms with Crippen LogP contribution in [-0.4, -0.2) is 48.8 Å². The van der Waals surface area contributed by atoms with Crippen molar-refractivity contribution >= 4 is 6.16 Å². The number of benzene rings is 1. The van der Waals surface area contributed by atoms with E-state index in [-0.39, 0.29) is 11.2 Å². The summed E-state index contributed by atoms with van der Waals surface area (Å²) in [5.41, 5.74) is 2.14. The van der Waals surface area contributed by atoms with Crippen molar-refractivity contribution in [2.45, 2.75) is 36.8 Å². The highest BCUT2D eigenvalue weighted by molar-refractivity contribution is 5.66. The van der Waals surface area contributed by atoms with E-state index in [0.29, 0.717) is 23.5 Å². The van der Waals surface area contributed by atoms with Crippen LogP contribution in [0.2, 0.25) is 0 Å². The lowest BCUT2D eigenvalue weighted by atomic mass is 9.53. The first kappa shape index (κ1) is 22.2. The van der Waals surface area contributed by atoms with Gasteiger partial charge in [0.15, 0.2) is 17.6 Å². The normalized spacial score (nSPS) is 29.1. The molecule has 1 aromatic carbocycles. The van der Waals surface area contributed by atoms with E-state index in [1.165, 1.54) is 23.3 Å². The molecular weight excluding hydrogens is 440 g/mol. The van der Waals surface area contributed by atoms with Crippen LogP contribution in [0.1, 0.15) is 24.0 Å². The van der Waals surface area contributed by atoms with Gasteiger partial charge in [-0.05, 0) is 68.6 Å². The van der Waals surface area contributed by atoms with Crippen LogP contribution in [0.4, 0.5) is 4.79 Å². The number of rotatable bonds is 6. The van der Waals surface area contributed by atoms with Crippen LogP contribution in [0.5, 0.6) is 11.5 Å². The Labute approximate surface area is 197 Å². The molecule has 0 aromatic heterocycles. The number of likely N-dealkylation sites (N-methyl/N-ethyl adjacent to an activating group) is 1. The van der Waals surface area contributed by atoms with Gasteiger partial charge in [0.25, 0.3) is 0 Å². The van der Waals surface area contributed by atoms with Crippen LogP contribution in [0.3, 0.4) is 0 Å². The van der Waals surface area contributed by atoms with Crippen molar-refractivity contribution in [3.05, 3.63) is 82.0 Å². The fourth-order valence-corrected chi connectivity index (χ4v) is 6.13. The minimum Gasteiger partial charge on any atom is -0.493 e. The summed E-state index contributed by atoms with van der Waals surface area (Å²) in [6, 6.07) is 4.44. The maximum Gasteiger partial charge on any atom is 0.519 e. The van der Waals surface area contributed by atoms with Gasteiger partial charge in [-0.3, -0.25) is 10.1 Å². The molecule has 0 N–H and O–H groups in total. The van der Waals surface area contributed by atoms with Crippen LogP contribution in [0.25, 0.3) is 0 Å². The van der Waals surface area contributed by atoms with Gasteiger partial charge in [0, 0.05) is 23.1 Å². The van der Waals surface area contributed by atoms with E-state index in [9.17, 15) is 14.9 Å². The Hall–Kier alpha value is -3.59. The summed E-state index contributed by atoms with van der Waals surface area (Å²) in [5.74, 6) is 2.19. The van der Waals surface area contributed by atoms with E-state index < -0.39 is 17.2 Å². The molecule has 2 heterocycles. The first-order valence-corrected chi connectivity index (χ1v) is 11.2. The molecule has 0 unspecified atom stereocenters. The highest BCUT2D eigenvalue weighted by Gasteiger charge is 2.64. The third-order valence-electron chi connectivity index (χ3n) is 7.50. The van der Waals surface area contributed by atoms with Gasteiger partial charge in [-0.2, -0.15) is 0 Å². The third-order valence-corrected chi connectivity index (χ3v) is 7.50. The molecule has 0 saturated carbocycles. The van der Waals surface area contributed by atoms with E-state index in [4.69, 9.17) is 18.9 Å². The fraction of sp³-hybridized carbons (Fsp3) is 0.400. The van der Waals surface area contributed by atoms with Crippen molar-refractivity contribution in [2.75, 3.05) is 20.7 Å². The second kappa shape index (κ2) is 8.32.